The maximum atomic E-state index is 6.10. The third-order valence-electron chi connectivity index (χ3n) is 3.84. The summed E-state index contributed by atoms with van der Waals surface area (Å²) in [7, 11) is 0. The molecule has 2 rings (SSSR count). The van der Waals surface area contributed by atoms with E-state index >= 15 is 0 Å². The van der Waals surface area contributed by atoms with Gasteiger partial charge in [-0.2, -0.15) is 0 Å². The maximum absolute atomic E-state index is 6.10. The van der Waals surface area contributed by atoms with E-state index in [4.69, 9.17) is 4.42 Å². The summed E-state index contributed by atoms with van der Waals surface area (Å²) in [5, 5.41) is 4.93. The maximum Gasteiger partial charge on any atom is 0.134 e. The minimum atomic E-state index is 0.256. The van der Waals surface area contributed by atoms with Crippen LogP contribution >= 0.6 is 0 Å². The lowest BCUT2D eigenvalue weighted by atomic mass is 10.0. The van der Waals surface area contributed by atoms with Crippen LogP contribution in [0.4, 0.5) is 0 Å². The van der Waals surface area contributed by atoms with Crippen molar-refractivity contribution in [1.82, 2.24) is 5.32 Å². The van der Waals surface area contributed by atoms with E-state index in [-0.39, 0.29) is 6.04 Å². The zero-order valence-electron chi connectivity index (χ0n) is 13.4. The normalized spacial score (nSPS) is 14.9. The molecule has 20 heavy (non-hydrogen) atoms. The lowest BCUT2D eigenvalue weighted by Crippen LogP contribution is -2.30. The minimum absolute atomic E-state index is 0.256. The Morgan fingerprint density at radius 1 is 1.10 bits per heavy atom. The molecule has 2 atom stereocenters. The molecule has 0 bridgehead atoms. The molecule has 2 heteroatoms. The Balaban J connectivity index is 2.23. The molecule has 0 radical (unpaired) electrons. The molecule has 2 aromatic rings. The lowest BCUT2D eigenvalue weighted by molar-refractivity contribution is 0.370. The summed E-state index contributed by atoms with van der Waals surface area (Å²) < 4.78 is 6.10. The van der Waals surface area contributed by atoms with Gasteiger partial charge in [0.2, 0.25) is 0 Å². The largest absolute Gasteiger partial charge is 0.459 e. The molecule has 0 aliphatic heterocycles. The van der Waals surface area contributed by atoms with Gasteiger partial charge in [0, 0.05) is 17.0 Å². The highest BCUT2D eigenvalue weighted by atomic mass is 16.3. The van der Waals surface area contributed by atoms with Crippen molar-refractivity contribution in [3.63, 3.8) is 0 Å². The summed E-state index contributed by atoms with van der Waals surface area (Å²) in [5.41, 5.74) is 2.35. The monoisotopic (exact) mass is 273 g/mol. The van der Waals surface area contributed by atoms with Crippen LogP contribution in [-0.4, -0.2) is 6.04 Å². The second-order valence-corrected chi connectivity index (χ2v) is 6.21. The second kappa shape index (κ2) is 6.45. The molecule has 0 aliphatic rings. The molecule has 1 aromatic heterocycles. The van der Waals surface area contributed by atoms with Crippen LogP contribution in [0.1, 0.15) is 58.4 Å². The fourth-order valence-electron chi connectivity index (χ4n) is 3.11. The Morgan fingerprint density at radius 3 is 2.45 bits per heavy atom. The zero-order chi connectivity index (χ0) is 14.7. The van der Waals surface area contributed by atoms with Crippen molar-refractivity contribution >= 4 is 11.0 Å². The molecule has 0 saturated carbocycles. The summed E-state index contributed by atoms with van der Waals surface area (Å²) in [6, 6.07) is 9.09. The predicted molar refractivity (Wildman–Crippen MR) is 86.1 cm³/mol. The van der Waals surface area contributed by atoms with Crippen LogP contribution in [0.3, 0.4) is 0 Å². The van der Waals surface area contributed by atoms with Gasteiger partial charge in [0.1, 0.15) is 11.3 Å². The Morgan fingerprint density at radius 2 is 1.80 bits per heavy atom. The first kappa shape index (κ1) is 15.1. The lowest BCUT2D eigenvalue weighted by Gasteiger charge is -2.21. The van der Waals surface area contributed by atoms with Gasteiger partial charge < -0.3 is 9.73 Å². The molecule has 1 aromatic carbocycles. The number of fused-ring (bicyclic) bond motifs is 1. The first-order valence-corrected chi connectivity index (χ1v) is 7.79. The van der Waals surface area contributed by atoms with E-state index in [0.717, 1.165) is 17.8 Å². The van der Waals surface area contributed by atoms with Gasteiger partial charge in [0.15, 0.2) is 0 Å². The molecule has 0 saturated heterocycles. The first-order valence-electron chi connectivity index (χ1n) is 7.79. The summed E-state index contributed by atoms with van der Waals surface area (Å²) in [6.07, 6.45) is 2.20. The van der Waals surface area contributed by atoms with Crippen LogP contribution in [-0.2, 0) is 6.42 Å². The van der Waals surface area contributed by atoms with Crippen molar-refractivity contribution < 1.29 is 4.42 Å². The number of rotatable bonds is 6. The Kier molecular flexibility index (Phi) is 4.87. The average Bonchev–Trinajstić information content (AvgIpc) is 2.76. The molecule has 110 valence electrons. The number of nitrogens with one attached hydrogen (secondary N) is 1. The van der Waals surface area contributed by atoms with Crippen LogP contribution in [0.25, 0.3) is 11.0 Å². The topological polar surface area (TPSA) is 25.2 Å². The van der Waals surface area contributed by atoms with Gasteiger partial charge in [-0.05, 0) is 38.7 Å². The molecule has 0 fully saturated rings. The zero-order valence-corrected chi connectivity index (χ0v) is 13.4. The fourth-order valence-corrected chi connectivity index (χ4v) is 3.11. The molecule has 0 amide bonds. The minimum Gasteiger partial charge on any atom is -0.459 e. The summed E-state index contributed by atoms with van der Waals surface area (Å²) in [6.45, 7) is 11.2. The van der Waals surface area contributed by atoms with Crippen LogP contribution in [0, 0.1) is 5.92 Å². The predicted octanol–water partition coefficient (Wildman–Crippen LogP) is 5.08. The molecular formula is C18H27NO. The van der Waals surface area contributed by atoms with Gasteiger partial charge in [0.05, 0.1) is 6.04 Å². The van der Waals surface area contributed by atoms with Crippen LogP contribution in [0.5, 0.6) is 0 Å². The third kappa shape index (κ3) is 3.24. The van der Waals surface area contributed by atoms with E-state index in [2.05, 4.69) is 58.1 Å². The SMILES string of the molecule is CCc1c(C(C)NC(C)CC(C)C)oc2ccccc12. The number of furan rings is 1. The molecule has 2 unspecified atom stereocenters. The fraction of sp³-hybridized carbons (Fsp3) is 0.556. The van der Waals surface area contributed by atoms with Gasteiger partial charge >= 0.3 is 0 Å². The van der Waals surface area contributed by atoms with E-state index in [1.165, 1.54) is 17.4 Å². The average molecular weight is 273 g/mol. The first-order chi connectivity index (χ1) is 9.52. The second-order valence-electron chi connectivity index (χ2n) is 6.21. The highest BCUT2D eigenvalue weighted by Gasteiger charge is 2.19. The molecule has 1 heterocycles. The van der Waals surface area contributed by atoms with E-state index in [1.807, 2.05) is 6.07 Å². The van der Waals surface area contributed by atoms with Gasteiger partial charge in [0.25, 0.3) is 0 Å². The van der Waals surface area contributed by atoms with Crippen molar-refractivity contribution in [3.8, 4) is 0 Å². The van der Waals surface area contributed by atoms with Crippen molar-refractivity contribution in [2.45, 2.75) is 59.5 Å². The standard InChI is InChI=1S/C18H27NO/c1-6-15-16-9-7-8-10-17(16)20-18(15)14(5)19-13(4)11-12(2)3/h7-10,12-14,19H,6,11H2,1-5H3. The number of para-hydroxylation sites is 1. The van der Waals surface area contributed by atoms with Crippen molar-refractivity contribution in [2.75, 3.05) is 0 Å². The summed E-state index contributed by atoms with van der Waals surface area (Å²) in [5.74, 6) is 1.82. The highest BCUT2D eigenvalue weighted by molar-refractivity contribution is 5.82. The highest BCUT2D eigenvalue weighted by Crippen LogP contribution is 2.30. The third-order valence-corrected chi connectivity index (χ3v) is 3.84. The molecule has 0 aliphatic carbocycles. The van der Waals surface area contributed by atoms with Gasteiger partial charge in [-0.15, -0.1) is 0 Å². The number of hydrogen-bond donors (Lipinski definition) is 1. The quantitative estimate of drug-likeness (QED) is 0.794. The number of benzene rings is 1. The number of aryl methyl sites for hydroxylation is 1. The van der Waals surface area contributed by atoms with Crippen LogP contribution in [0.15, 0.2) is 28.7 Å². The summed E-state index contributed by atoms with van der Waals surface area (Å²) >= 11 is 0. The summed E-state index contributed by atoms with van der Waals surface area (Å²) in [4.78, 5) is 0. The van der Waals surface area contributed by atoms with Crippen LogP contribution in [0.2, 0.25) is 0 Å². The molecule has 1 N–H and O–H groups in total. The van der Waals surface area contributed by atoms with Crippen molar-refractivity contribution in [3.05, 3.63) is 35.6 Å². The van der Waals surface area contributed by atoms with Crippen molar-refractivity contribution in [1.29, 1.82) is 0 Å². The molecule has 2 nitrogen and oxygen atoms in total. The van der Waals surface area contributed by atoms with E-state index in [1.54, 1.807) is 0 Å². The van der Waals surface area contributed by atoms with Crippen molar-refractivity contribution in [2.24, 2.45) is 5.92 Å². The molecule has 0 spiro atoms. The smallest absolute Gasteiger partial charge is 0.134 e. The van der Waals surface area contributed by atoms with Gasteiger partial charge in [-0.3, -0.25) is 0 Å². The van der Waals surface area contributed by atoms with Gasteiger partial charge in [-0.25, -0.2) is 0 Å². The Labute approximate surface area is 122 Å². The molecular weight excluding hydrogens is 246 g/mol. The Hall–Kier alpha value is -1.28. The number of hydrogen-bond acceptors (Lipinski definition) is 2. The van der Waals surface area contributed by atoms with Gasteiger partial charge in [-0.1, -0.05) is 39.0 Å². The van der Waals surface area contributed by atoms with Crippen LogP contribution < -0.4 is 5.32 Å². The Bertz CT molecular complexity index is 556. The van der Waals surface area contributed by atoms with E-state index < -0.39 is 0 Å². The van der Waals surface area contributed by atoms with E-state index in [9.17, 15) is 0 Å². The van der Waals surface area contributed by atoms with E-state index in [0.29, 0.717) is 12.0 Å².